The molecule has 110 valence electrons. The van der Waals surface area contributed by atoms with Crippen LogP contribution in [-0.4, -0.2) is 38.2 Å². The summed E-state index contributed by atoms with van der Waals surface area (Å²) in [5.74, 6) is 1.49. The van der Waals surface area contributed by atoms with E-state index in [9.17, 15) is 5.11 Å². The molecule has 3 N–H and O–H groups in total. The lowest BCUT2D eigenvalue weighted by molar-refractivity contribution is 0.0697. The first-order valence-corrected chi connectivity index (χ1v) is 7.09. The van der Waals surface area contributed by atoms with Crippen LogP contribution < -0.4 is 10.6 Å². The van der Waals surface area contributed by atoms with Crippen LogP contribution in [0.25, 0.3) is 5.65 Å². The average Bonchev–Trinajstić information content (AvgIpc) is 2.91. The maximum Gasteiger partial charge on any atom is 0.180 e. The Kier molecular flexibility index (Phi) is 4.44. The highest BCUT2D eigenvalue weighted by Crippen LogP contribution is 2.18. The summed E-state index contributed by atoms with van der Waals surface area (Å²) in [6.07, 6.45) is 7.26. The molecule has 6 heteroatoms. The van der Waals surface area contributed by atoms with Gasteiger partial charge in [-0.3, -0.25) is 0 Å². The van der Waals surface area contributed by atoms with Crippen LogP contribution in [0.3, 0.4) is 0 Å². The number of nitrogens with one attached hydrogen (secondary N) is 2. The summed E-state index contributed by atoms with van der Waals surface area (Å²) >= 11 is 0. The van der Waals surface area contributed by atoms with Crippen molar-refractivity contribution in [2.45, 2.75) is 39.2 Å². The second-order valence-electron chi connectivity index (χ2n) is 5.26. The summed E-state index contributed by atoms with van der Waals surface area (Å²) in [6.45, 7) is 7.19. The van der Waals surface area contributed by atoms with E-state index in [0.717, 1.165) is 24.4 Å². The number of aliphatic hydroxyl groups is 1. The van der Waals surface area contributed by atoms with E-state index in [2.05, 4.69) is 27.5 Å². The Morgan fingerprint density at radius 3 is 2.85 bits per heavy atom. The van der Waals surface area contributed by atoms with Gasteiger partial charge >= 0.3 is 0 Å². The van der Waals surface area contributed by atoms with Crippen molar-refractivity contribution in [2.24, 2.45) is 0 Å². The maximum atomic E-state index is 10.1. The molecule has 1 unspecified atom stereocenters. The molecule has 0 radical (unpaired) electrons. The smallest absolute Gasteiger partial charge is 0.180 e. The molecule has 2 aromatic heterocycles. The number of imidazole rings is 1. The topological polar surface area (TPSA) is 74.5 Å². The lowest BCUT2D eigenvalue weighted by atomic mass is 10.0. The van der Waals surface area contributed by atoms with Gasteiger partial charge in [0, 0.05) is 25.5 Å². The fourth-order valence-electron chi connectivity index (χ4n) is 1.79. The number of fused-ring (bicyclic) bond motifs is 1. The van der Waals surface area contributed by atoms with Crippen LogP contribution in [0.1, 0.15) is 33.6 Å². The van der Waals surface area contributed by atoms with Crippen molar-refractivity contribution in [2.75, 3.05) is 23.7 Å². The van der Waals surface area contributed by atoms with Gasteiger partial charge in [0.25, 0.3) is 0 Å². The van der Waals surface area contributed by atoms with E-state index in [4.69, 9.17) is 0 Å². The minimum atomic E-state index is -0.752. The third kappa shape index (κ3) is 3.39. The predicted molar refractivity (Wildman–Crippen MR) is 81.2 cm³/mol. The number of hydrogen-bond acceptors (Lipinski definition) is 5. The molecule has 2 aromatic rings. The summed E-state index contributed by atoms with van der Waals surface area (Å²) < 4.78 is 1.92. The van der Waals surface area contributed by atoms with E-state index in [1.807, 2.05) is 30.6 Å². The van der Waals surface area contributed by atoms with E-state index in [0.29, 0.717) is 18.8 Å². The van der Waals surface area contributed by atoms with Crippen LogP contribution in [-0.2, 0) is 0 Å². The monoisotopic (exact) mass is 277 g/mol. The van der Waals surface area contributed by atoms with Crippen LogP contribution in [0.5, 0.6) is 0 Å². The summed E-state index contributed by atoms with van der Waals surface area (Å²) in [7, 11) is 0. The molecule has 0 saturated heterocycles. The Balaban J connectivity index is 2.23. The van der Waals surface area contributed by atoms with Gasteiger partial charge in [0.15, 0.2) is 11.5 Å². The van der Waals surface area contributed by atoms with Gasteiger partial charge in [-0.15, -0.1) is 0 Å². The van der Waals surface area contributed by atoms with Crippen LogP contribution in [0.4, 0.5) is 11.6 Å². The highest BCUT2D eigenvalue weighted by atomic mass is 16.3. The summed E-state index contributed by atoms with van der Waals surface area (Å²) in [5.41, 5.74) is 0.0110. The minimum Gasteiger partial charge on any atom is -0.388 e. The summed E-state index contributed by atoms with van der Waals surface area (Å²) in [6, 6.07) is 0. The molecule has 20 heavy (non-hydrogen) atoms. The molecule has 0 aliphatic rings. The Morgan fingerprint density at radius 2 is 2.15 bits per heavy atom. The van der Waals surface area contributed by atoms with Gasteiger partial charge in [0.1, 0.15) is 5.82 Å². The standard InChI is InChI=1S/C14H23N5O/c1-4-6-15-11-9-19-8-7-16-13(19)12(18-11)17-10-14(3,20)5-2/h7-9,15,20H,4-6,10H2,1-3H3,(H,17,18). The Bertz CT molecular complexity index is 564. The van der Waals surface area contributed by atoms with Crippen LogP contribution in [0.15, 0.2) is 18.6 Å². The molecule has 0 fully saturated rings. The number of nitrogens with zero attached hydrogens (tertiary/aromatic N) is 3. The molecule has 0 aliphatic carbocycles. The SMILES string of the molecule is CCCNc1cn2ccnc2c(NCC(C)(O)CC)n1. The Labute approximate surface area is 119 Å². The molecule has 2 rings (SSSR count). The maximum absolute atomic E-state index is 10.1. The highest BCUT2D eigenvalue weighted by molar-refractivity contribution is 5.65. The third-order valence-corrected chi connectivity index (χ3v) is 3.33. The van der Waals surface area contributed by atoms with Crippen molar-refractivity contribution in [1.82, 2.24) is 14.4 Å². The van der Waals surface area contributed by atoms with Gasteiger partial charge < -0.3 is 20.1 Å². The van der Waals surface area contributed by atoms with Gasteiger partial charge in [0.05, 0.1) is 11.8 Å². The molecule has 0 amide bonds. The first-order chi connectivity index (χ1) is 9.55. The van der Waals surface area contributed by atoms with E-state index < -0.39 is 5.60 Å². The Hall–Kier alpha value is -1.82. The van der Waals surface area contributed by atoms with E-state index in [-0.39, 0.29) is 0 Å². The molecule has 0 aliphatic heterocycles. The zero-order valence-electron chi connectivity index (χ0n) is 12.3. The molecular weight excluding hydrogens is 254 g/mol. The first-order valence-electron chi connectivity index (χ1n) is 7.09. The first kappa shape index (κ1) is 14.6. The van der Waals surface area contributed by atoms with Gasteiger partial charge in [-0.2, -0.15) is 0 Å². The fourth-order valence-corrected chi connectivity index (χ4v) is 1.79. The molecule has 0 bridgehead atoms. The zero-order valence-corrected chi connectivity index (χ0v) is 12.3. The van der Waals surface area contributed by atoms with Gasteiger partial charge in [-0.25, -0.2) is 9.97 Å². The van der Waals surface area contributed by atoms with Crippen molar-refractivity contribution in [3.8, 4) is 0 Å². The normalized spacial score (nSPS) is 14.2. The third-order valence-electron chi connectivity index (χ3n) is 3.33. The number of hydrogen-bond donors (Lipinski definition) is 3. The lowest BCUT2D eigenvalue weighted by Crippen LogP contribution is -2.32. The van der Waals surface area contributed by atoms with Gasteiger partial charge in [-0.1, -0.05) is 13.8 Å². The van der Waals surface area contributed by atoms with E-state index in [1.165, 1.54) is 0 Å². The Morgan fingerprint density at radius 1 is 1.35 bits per heavy atom. The molecule has 0 spiro atoms. The van der Waals surface area contributed by atoms with Crippen molar-refractivity contribution < 1.29 is 5.11 Å². The van der Waals surface area contributed by atoms with Crippen molar-refractivity contribution in [1.29, 1.82) is 0 Å². The predicted octanol–water partition coefficient (Wildman–Crippen LogP) is 2.12. The summed E-state index contributed by atoms with van der Waals surface area (Å²) in [5, 5.41) is 16.5. The van der Waals surface area contributed by atoms with E-state index >= 15 is 0 Å². The molecule has 2 heterocycles. The van der Waals surface area contributed by atoms with Crippen molar-refractivity contribution in [3.05, 3.63) is 18.6 Å². The second-order valence-corrected chi connectivity index (χ2v) is 5.26. The van der Waals surface area contributed by atoms with Crippen molar-refractivity contribution in [3.63, 3.8) is 0 Å². The largest absolute Gasteiger partial charge is 0.388 e. The van der Waals surface area contributed by atoms with Gasteiger partial charge in [-0.05, 0) is 19.8 Å². The molecule has 1 atom stereocenters. The zero-order chi connectivity index (χ0) is 14.6. The highest BCUT2D eigenvalue weighted by Gasteiger charge is 2.18. The molecule has 0 aromatic carbocycles. The minimum absolute atomic E-state index is 0.441. The lowest BCUT2D eigenvalue weighted by Gasteiger charge is -2.22. The molecule has 0 saturated carbocycles. The quantitative estimate of drug-likeness (QED) is 0.723. The van der Waals surface area contributed by atoms with Crippen LogP contribution in [0.2, 0.25) is 0 Å². The van der Waals surface area contributed by atoms with Crippen LogP contribution >= 0.6 is 0 Å². The molecule has 6 nitrogen and oxygen atoms in total. The second kappa shape index (κ2) is 6.09. The fraction of sp³-hybridized carbons (Fsp3) is 0.571. The van der Waals surface area contributed by atoms with Gasteiger partial charge in [0.2, 0.25) is 0 Å². The van der Waals surface area contributed by atoms with Crippen LogP contribution in [0, 0.1) is 0 Å². The number of anilines is 2. The summed E-state index contributed by atoms with van der Waals surface area (Å²) in [4.78, 5) is 8.83. The van der Waals surface area contributed by atoms with Crippen molar-refractivity contribution >= 4 is 17.3 Å². The number of aromatic nitrogens is 3. The number of rotatable bonds is 7. The van der Waals surface area contributed by atoms with E-state index in [1.54, 1.807) is 6.20 Å². The average molecular weight is 277 g/mol. The molecular formula is C14H23N5O.